The topological polar surface area (TPSA) is 81.4 Å². The summed E-state index contributed by atoms with van der Waals surface area (Å²) in [5, 5.41) is 2.70. The zero-order chi connectivity index (χ0) is 12.7. The minimum absolute atomic E-state index is 0.194. The van der Waals surface area contributed by atoms with Crippen LogP contribution >= 0.6 is 0 Å². The van der Waals surface area contributed by atoms with Gasteiger partial charge in [-0.3, -0.25) is 9.59 Å². The molecule has 17 heavy (non-hydrogen) atoms. The average Bonchev–Trinajstić information content (AvgIpc) is 2.34. The Kier molecular flexibility index (Phi) is 5.16. The maximum absolute atomic E-state index is 11.6. The van der Waals surface area contributed by atoms with E-state index in [2.05, 4.69) is 5.32 Å². The van der Waals surface area contributed by atoms with Gasteiger partial charge in [0.1, 0.15) is 0 Å². The third-order valence-electron chi connectivity index (χ3n) is 2.17. The summed E-state index contributed by atoms with van der Waals surface area (Å²) in [5.74, 6) is -0.700. The average molecular weight is 236 g/mol. The van der Waals surface area contributed by atoms with E-state index >= 15 is 0 Å². The van der Waals surface area contributed by atoms with Crippen LogP contribution < -0.4 is 11.1 Å². The van der Waals surface area contributed by atoms with E-state index in [0.29, 0.717) is 30.9 Å². The molecule has 0 fully saturated rings. The third-order valence-corrected chi connectivity index (χ3v) is 2.17. The lowest BCUT2D eigenvalue weighted by molar-refractivity contribution is 0.0921. The maximum atomic E-state index is 11.6. The standard InChI is InChI=1S/C12H16N2O3/c1-2-17-8-7-14-12(16)10-5-3-9(4-6-10)11(13)15/h3-6H,2,7-8H2,1H3,(H2,13,15)(H,14,16). The summed E-state index contributed by atoms with van der Waals surface area (Å²) in [6.07, 6.45) is 0. The molecular weight excluding hydrogens is 220 g/mol. The molecule has 5 heteroatoms. The van der Waals surface area contributed by atoms with E-state index in [9.17, 15) is 9.59 Å². The Bertz CT molecular complexity index is 387. The molecule has 2 amide bonds. The Labute approximate surface area is 99.9 Å². The smallest absolute Gasteiger partial charge is 0.251 e. The summed E-state index contributed by atoms with van der Waals surface area (Å²) in [7, 11) is 0. The molecule has 0 saturated heterocycles. The Morgan fingerprint density at radius 2 is 1.82 bits per heavy atom. The van der Waals surface area contributed by atoms with Gasteiger partial charge in [-0.2, -0.15) is 0 Å². The molecule has 1 aromatic rings. The summed E-state index contributed by atoms with van der Waals surface area (Å²) < 4.78 is 5.09. The first-order valence-electron chi connectivity index (χ1n) is 5.41. The molecule has 0 spiro atoms. The Morgan fingerprint density at radius 1 is 1.24 bits per heavy atom. The van der Waals surface area contributed by atoms with Crippen molar-refractivity contribution in [3.05, 3.63) is 35.4 Å². The minimum Gasteiger partial charge on any atom is -0.380 e. The lowest BCUT2D eigenvalue weighted by atomic mass is 10.1. The Balaban J connectivity index is 2.49. The highest BCUT2D eigenvalue weighted by atomic mass is 16.5. The van der Waals surface area contributed by atoms with Gasteiger partial charge in [0.25, 0.3) is 5.91 Å². The normalized spacial score (nSPS) is 9.94. The lowest BCUT2D eigenvalue weighted by Gasteiger charge is -2.05. The van der Waals surface area contributed by atoms with Gasteiger partial charge in [0.2, 0.25) is 5.91 Å². The number of nitrogens with one attached hydrogen (secondary N) is 1. The van der Waals surface area contributed by atoms with Gasteiger partial charge >= 0.3 is 0 Å². The highest BCUT2D eigenvalue weighted by molar-refractivity contribution is 5.97. The van der Waals surface area contributed by atoms with Crippen LogP contribution in [0.1, 0.15) is 27.6 Å². The van der Waals surface area contributed by atoms with Gasteiger partial charge in [-0.25, -0.2) is 0 Å². The predicted octanol–water partition coefficient (Wildman–Crippen LogP) is 0.552. The highest BCUT2D eigenvalue weighted by Gasteiger charge is 2.05. The molecule has 0 unspecified atom stereocenters. The fourth-order valence-corrected chi connectivity index (χ4v) is 1.27. The molecule has 0 radical (unpaired) electrons. The van der Waals surface area contributed by atoms with E-state index in [0.717, 1.165) is 0 Å². The van der Waals surface area contributed by atoms with Gasteiger partial charge in [-0.15, -0.1) is 0 Å². The zero-order valence-corrected chi connectivity index (χ0v) is 9.73. The second kappa shape index (κ2) is 6.65. The summed E-state index contributed by atoms with van der Waals surface area (Å²) in [5.41, 5.74) is 5.97. The first kappa shape index (κ1) is 13.2. The van der Waals surface area contributed by atoms with Gasteiger partial charge in [-0.1, -0.05) is 0 Å². The summed E-state index contributed by atoms with van der Waals surface area (Å²) in [4.78, 5) is 22.4. The number of benzene rings is 1. The summed E-state index contributed by atoms with van der Waals surface area (Å²) in [6, 6.07) is 6.19. The fraction of sp³-hybridized carbons (Fsp3) is 0.333. The molecule has 0 aliphatic rings. The molecule has 1 rings (SSSR count). The maximum Gasteiger partial charge on any atom is 0.251 e. The van der Waals surface area contributed by atoms with Crippen molar-refractivity contribution in [2.45, 2.75) is 6.92 Å². The van der Waals surface area contributed by atoms with E-state index < -0.39 is 5.91 Å². The summed E-state index contributed by atoms with van der Waals surface area (Å²) >= 11 is 0. The Hall–Kier alpha value is -1.88. The number of nitrogens with two attached hydrogens (primary N) is 1. The van der Waals surface area contributed by atoms with Crippen LogP contribution in [0.3, 0.4) is 0 Å². The van der Waals surface area contributed by atoms with Crippen LogP contribution in [0.2, 0.25) is 0 Å². The van der Waals surface area contributed by atoms with E-state index in [4.69, 9.17) is 10.5 Å². The molecule has 0 heterocycles. The molecule has 0 aliphatic heterocycles. The van der Waals surface area contributed by atoms with E-state index in [1.165, 1.54) is 12.1 Å². The number of rotatable bonds is 6. The number of carbonyl (C=O) groups is 2. The largest absolute Gasteiger partial charge is 0.380 e. The lowest BCUT2D eigenvalue weighted by Crippen LogP contribution is -2.27. The van der Waals surface area contributed by atoms with Crippen molar-refractivity contribution in [3.63, 3.8) is 0 Å². The molecule has 0 saturated carbocycles. The van der Waals surface area contributed by atoms with Crippen LogP contribution in [0.15, 0.2) is 24.3 Å². The minimum atomic E-state index is -0.506. The van der Waals surface area contributed by atoms with Crippen LogP contribution in [0.25, 0.3) is 0 Å². The molecule has 3 N–H and O–H groups in total. The number of hydrogen-bond acceptors (Lipinski definition) is 3. The number of ether oxygens (including phenoxy) is 1. The molecule has 5 nitrogen and oxygen atoms in total. The number of primary amides is 1. The zero-order valence-electron chi connectivity index (χ0n) is 9.73. The summed E-state index contributed by atoms with van der Waals surface area (Å²) in [6.45, 7) is 3.47. The van der Waals surface area contributed by atoms with E-state index in [1.54, 1.807) is 12.1 Å². The van der Waals surface area contributed by atoms with Gasteiger partial charge in [0, 0.05) is 24.3 Å². The van der Waals surface area contributed by atoms with Crippen molar-refractivity contribution in [2.75, 3.05) is 19.8 Å². The fourth-order valence-electron chi connectivity index (χ4n) is 1.27. The number of amides is 2. The molecule has 92 valence electrons. The van der Waals surface area contributed by atoms with Crippen molar-refractivity contribution in [2.24, 2.45) is 5.73 Å². The monoisotopic (exact) mass is 236 g/mol. The Morgan fingerprint density at radius 3 is 2.35 bits per heavy atom. The number of carbonyl (C=O) groups excluding carboxylic acids is 2. The van der Waals surface area contributed by atoms with Crippen molar-refractivity contribution < 1.29 is 14.3 Å². The molecule has 0 aliphatic carbocycles. The quantitative estimate of drug-likeness (QED) is 0.708. The van der Waals surface area contributed by atoms with Crippen LogP contribution in [0.4, 0.5) is 0 Å². The first-order valence-corrected chi connectivity index (χ1v) is 5.41. The van der Waals surface area contributed by atoms with Gasteiger partial charge in [-0.05, 0) is 31.2 Å². The second-order valence-corrected chi connectivity index (χ2v) is 3.39. The predicted molar refractivity (Wildman–Crippen MR) is 63.8 cm³/mol. The SMILES string of the molecule is CCOCCNC(=O)c1ccc(C(N)=O)cc1. The van der Waals surface area contributed by atoms with Crippen molar-refractivity contribution >= 4 is 11.8 Å². The van der Waals surface area contributed by atoms with Gasteiger partial charge in [0.15, 0.2) is 0 Å². The van der Waals surface area contributed by atoms with Gasteiger partial charge in [0.05, 0.1) is 6.61 Å². The van der Waals surface area contributed by atoms with E-state index in [1.807, 2.05) is 6.92 Å². The second-order valence-electron chi connectivity index (χ2n) is 3.39. The molecular formula is C12H16N2O3. The highest BCUT2D eigenvalue weighted by Crippen LogP contribution is 2.03. The van der Waals surface area contributed by atoms with E-state index in [-0.39, 0.29) is 5.91 Å². The van der Waals surface area contributed by atoms with Crippen molar-refractivity contribution in [3.8, 4) is 0 Å². The van der Waals surface area contributed by atoms with Crippen LogP contribution in [-0.2, 0) is 4.74 Å². The number of hydrogen-bond donors (Lipinski definition) is 2. The van der Waals surface area contributed by atoms with Crippen molar-refractivity contribution in [1.82, 2.24) is 5.32 Å². The third kappa shape index (κ3) is 4.24. The van der Waals surface area contributed by atoms with Crippen LogP contribution in [0.5, 0.6) is 0 Å². The molecule has 0 atom stereocenters. The van der Waals surface area contributed by atoms with Crippen LogP contribution in [0, 0.1) is 0 Å². The van der Waals surface area contributed by atoms with Crippen molar-refractivity contribution in [1.29, 1.82) is 0 Å². The molecule has 1 aromatic carbocycles. The van der Waals surface area contributed by atoms with Gasteiger partial charge < -0.3 is 15.8 Å². The molecule has 0 bridgehead atoms. The van der Waals surface area contributed by atoms with Crippen LogP contribution in [-0.4, -0.2) is 31.6 Å². The molecule has 0 aromatic heterocycles. The first-order chi connectivity index (χ1) is 8.15.